The van der Waals surface area contributed by atoms with Crippen LogP contribution in [-0.2, 0) is 6.54 Å². The highest BCUT2D eigenvalue weighted by atomic mass is 16.5. The van der Waals surface area contributed by atoms with E-state index in [1.807, 2.05) is 6.07 Å². The van der Waals surface area contributed by atoms with Gasteiger partial charge in [-0.15, -0.1) is 0 Å². The van der Waals surface area contributed by atoms with Gasteiger partial charge in [-0.25, -0.2) is 0 Å². The number of nitrogens with zero attached hydrogens (tertiary/aromatic N) is 1. The molecule has 4 N–H and O–H groups in total. The number of hydrogen-bond acceptors (Lipinski definition) is 4. The van der Waals surface area contributed by atoms with Crippen molar-refractivity contribution in [2.24, 2.45) is 5.73 Å². The van der Waals surface area contributed by atoms with Crippen LogP contribution in [0.25, 0.3) is 0 Å². The fraction of sp³-hybridized carbons (Fsp3) is 0.0714. The minimum Gasteiger partial charge on any atom is -0.457 e. The van der Waals surface area contributed by atoms with Gasteiger partial charge in [0.1, 0.15) is 11.5 Å². The number of anilines is 1. The van der Waals surface area contributed by atoms with Crippen LogP contribution < -0.4 is 16.2 Å². The molecule has 4 heteroatoms. The Kier molecular flexibility index (Phi) is 3.46. The Morgan fingerprint density at radius 3 is 2.33 bits per heavy atom. The number of benzene rings is 2. The Morgan fingerprint density at radius 2 is 1.72 bits per heavy atom. The molecule has 0 aliphatic carbocycles. The molecule has 0 aromatic heterocycles. The molecular formula is C14H13N3O. The van der Waals surface area contributed by atoms with Gasteiger partial charge in [-0.3, -0.25) is 0 Å². The Bertz CT molecular complexity index is 585. The molecule has 0 unspecified atom stereocenters. The molecule has 0 amide bonds. The molecule has 0 aliphatic rings. The molecule has 90 valence electrons. The van der Waals surface area contributed by atoms with Crippen LogP contribution in [0.1, 0.15) is 11.1 Å². The maximum absolute atomic E-state index is 8.70. The maximum Gasteiger partial charge on any atom is 0.127 e. The zero-order valence-corrected chi connectivity index (χ0v) is 9.76. The molecule has 0 saturated carbocycles. The highest BCUT2D eigenvalue weighted by Gasteiger charge is 2.02. The van der Waals surface area contributed by atoms with Crippen LogP contribution in [0.3, 0.4) is 0 Å². The Balaban J connectivity index is 2.20. The van der Waals surface area contributed by atoms with Crippen LogP contribution >= 0.6 is 0 Å². The second kappa shape index (κ2) is 5.21. The average Bonchev–Trinajstić information content (AvgIpc) is 2.42. The van der Waals surface area contributed by atoms with Crippen molar-refractivity contribution in [1.82, 2.24) is 0 Å². The summed E-state index contributed by atoms with van der Waals surface area (Å²) in [4.78, 5) is 0. The van der Waals surface area contributed by atoms with Crippen LogP contribution in [0.5, 0.6) is 11.5 Å². The molecule has 0 fully saturated rings. The van der Waals surface area contributed by atoms with Gasteiger partial charge in [-0.05, 0) is 48.0 Å². The smallest absolute Gasteiger partial charge is 0.127 e. The lowest BCUT2D eigenvalue weighted by atomic mass is 10.1. The Hall–Kier alpha value is -2.51. The minimum atomic E-state index is 0.371. The summed E-state index contributed by atoms with van der Waals surface area (Å²) in [6, 6.07) is 14.3. The standard InChI is InChI=1S/C14H13N3O/c15-8-10-1-3-12(4-2-10)18-13-5-6-14(17)11(7-13)9-16/h1-7H,9,16-17H2. The van der Waals surface area contributed by atoms with E-state index < -0.39 is 0 Å². The highest BCUT2D eigenvalue weighted by molar-refractivity contribution is 5.51. The third-order valence-corrected chi connectivity index (χ3v) is 2.55. The first kappa shape index (κ1) is 12.0. The van der Waals surface area contributed by atoms with Gasteiger partial charge in [-0.1, -0.05) is 0 Å². The van der Waals surface area contributed by atoms with E-state index >= 15 is 0 Å². The molecule has 0 radical (unpaired) electrons. The van der Waals surface area contributed by atoms with Crippen LogP contribution in [0, 0.1) is 11.3 Å². The summed E-state index contributed by atoms with van der Waals surface area (Å²) in [6.07, 6.45) is 0. The normalized spacial score (nSPS) is 9.78. The van der Waals surface area contributed by atoms with Gasteiger partial charge in [-0.2, -0.15) is 5.26 Å². The second-order valence-corrected chi connectivity index (χ2v) is 3.80. The molecule has 0 bridgehead atoms. The van der Waals surface area contributed by atoms with E-state index in [1.54, 1.807) is 36.4 Å². The lowest BCUT2D eigenvalue weighted by molar-refractivity contribution is 0.482. The summed E-state index contributed by atoms with van der Waals surface area (Å²) >= 11 is 0. The fourth-order valence-electron chi connectivity index (χ4n) is 1.56. The van der Waals surface area contributed by atoms with Gasteiger partial charge in [0, 0.05) is 12.2 Å². The number of nitrogens with two attached hydrogens (primary N) is 2. The van der Waals surface area contributed by atoms with Gasteiger partial charge in [0.15, 0.2) is 0 Å². The summed E-state index contributed by atoms with van der Waals surface area (Å²) in [7, 11) is 0. The average molecular weight is 239 g/mol. The summed E-state index contributed by atoms with van der Waals surface area (Å²) < 4.78 is 5.65. The predicted molar refractivity (Wildman–Crippen MR) is 70.0 cm³/mol. The molecule has 2 aromatic rings. The Labute approximate surface area is 105 Å². The zero-order valence-electron chi connectivity index (χ0n) is 9.76. The van der Waals surface area contributed by atoms with Crippen molar-refractivity contribution in [3.63, 3.8) is 0 Å². The number of nitriles is 1. The maximum atomic E-state index is 8.70. The molecule has 0 heterocycles. The first-order valence-electron chi connectivity index (χ1n) is 5.49. The Morgan fingerprint density at radius 1 is 1.06 bits per heavy atom. The summed E-state index contributed by atoms with van der Waals surface area (Å²) in [5.74, 6) is 1.34. The lowest BCUT2D eigenvalue weighted by Gasteiger charge is -2.08. The third kappa shape index (κ3) is 2.59. The molecule has 18 heavy (non-hydrogen) atoms. The zero-order chi connectivity index (χ0) is 13.0. The van der Waals surface area contributed by atoms with Crippen molar-refractivity contribution >= 4 is 5.69 Å². The molecule has 0 spiro atoms. The topological polar surface area (TPSA) is 85.1 Å². The van der Waals surface area contributed by atoms with Crippen molar-refractivity contribution in [1.29, 1.82) is 5.26 Å². The highest BCUT2D eigenvalue weighted by Crippen LogP contribution is 2.25. The van der Waals surface area contributed by atoms with E-state index in [0.29, 0.717) is 29.3 Å². The number of rotatable bonds is 3. The van der Waals surface area contributed by atoms with Gasteiger partial charge >= 0.3 is 0 Å². The summed E-state index contributed by atoms with van der Waals surface area (Å²) in [5.41, 5.74) is 13.4. The van der Waals surface area contributed by atoms with Crippen LogP contribution in [0.15, 0.2) is 42.5 Å². The number of hydrogen-bond donors (Lipinski definition) is 2. The fourth-order valence-corrected chi connectivity index (χ4v) is 1.56. The van der Waals surface area contributed by atoms with Crippen molar-refractivity contribution in [3.05, 3.63) is 53.6 Å². The third-order valence-electron chi connectivity index (χ3n) is 2.55. The lowest BCUT2D eigenvalue weighted by Crippen LogP contribution is -2.01. The van der Waals surface area contributed by atoms with E-state index in [9.17, 15) is 0 Å². The molecular weight excluding hydrogens is 226 g/mol. The largest absolute Gasteiger partial charge is 0.457 e. The van der Waals surface area contributed by atoms with Crippen LogP contribution in [0.4, 0.5) is 5.69 Å². The van der Waals surface area contributed by atoms with E-state index in [0.717, 1.165) is 5.56 Å². The van der Waals surface area contributed by atoms with Gasteiger partial charge in [0.2, 0.25) is 0 Å². The summed E-state index contributed by atoms with van der Waals surface area (Å²) in [5, 5.41) is 8.70. The summed E-state index contributed by atoms with van der Waals surface area (Å²) in [6.45, 7) is 0.371. The first-order chi connectivity index (χ1) is 8.72. The van der Waals surface area contributed by atoms with Gasteiger partial charge in [0.05, 0.1) is 11.6 Å². The van der Waals surface area contributed by atoms with E-state index in [-0.39, 0.29) is 0 Å². The van der Waals surface area contributed by atoms with E-state index in [1.165, 1.54) is 0 Å². The van der Waals surface area contributed by atoms with E-state index in [4.69, 9.17) is 21.5 Å². The van der Waals surface area contributed by atoms with Crippen molar-refractivity contribution in [2.75, 3.05) is 5.73 Å². The number of ether oxygens (including phenoxy) is 1. The van der Waals surface area contributed by atoms with Crippen LogP contribution in [-0.4, -0.2) is 0 Å². The molecule has 0 aliphatic heterocycles. The SMILES string of the molecule is N#Cc1ccc(Oc2ccc(N)c(CN)c2)cc1. The minimum absolute atomic E-state index is 0.371. The van der Waals surface area contributed by atoms with Crippen molar-refractivity contribution < 1.29 is 4.74 Å². The first-order valence-corrected chi connectivity index (χ1v) is 5.49. The number of nitrogen functional groups attached to an aromatic ring is 1. The van der Waals surface area contributed by atoms with Crippen LogP contribution in [0.2, 0.25) is 0 Å². The predicted octanol–water partition coefficient (Wildman–Crippen LogP) is 2.39. The van der Waals surface area contributed by atoms with Crippen molar-refractivity contribution in [2.45, 2.75) is 6.54 Å². The molecule has 2 rings (SSSR count). The molecule has 2 aromatic carbocycles. The molecule has 0 saturated heterocycles. The van der Waals surface area contributed by atoms with E-state index in [2.05, 4.69) is 6.07 Å². The van der Waals surface area contributed by atoms with Crippen molar-refractivity contribution in [3.8, 4) is 17.6 Å². The second-order valence-electron chi connectivity index (χ2n) is 3.80. The molecule has 4 nitrogen and oxygen atoms in total. The monoisotopic (exact) mass is 239 g/mol. The molecule has 0 atom stereocenters. The quantitative estimate of drug-likeness (QED) is 0.805. The van der Waals surface area contributed by atoms with Gasteiger partial charge < -0.3 is 16.2 Å². The van der Waals surface area contributed by atoms with Gasteiger partial charge in [0.25, 0.3) is 0 Å².